The Hall–Kier alpha value is -2.63. The summed E-state index contributed by atoms with van der Waals surface area (Å²) in [4.78, 5) is 37.5. The van der Waals surface area contributed by atoms with Gasteiger partial charge < -0.3 is 38.1 Å². The van der Waals surface area contributed by atoms with Crippen molar-refractivity contribution in [3.8, 4) is 0 Å². The third-order valence-electron chi connectivity index (χ3n) is 8.91. The first kappa shape index (κ1) is 55.4. The molecule has 0 spiro atoms. The fourth-order valence-electron chi connectivity index (χ4n) is 5.36. The molecule has 334 valence electrons. The molecule has 0 aromatic heterocycles. The van der Waals surface area contributed by atoms with Crippen molar-refractivity contribution >= 4 is 19.8 Å². The number of carbonyl (C=O) groups excluding carboxylic acids is 2. The van der Waals surface area contributed by atoms with Gasteiger partial charge in [-0.1, -0.05) is 125 Å². The van der Waals surface area contributed by atoms with Crippen LogP contribution in [-0.4, -0.2) is 92.5 Å². The Morgan fingerprint density at radius 2 is 1.19 bits per heavy atom. The number of esters is 2. The van der Waals surface area contributed by atoms with Gasteiger partial charge in [0.15, 0.2) is 6.10 Å². The molecule has 0 aliphatic carbocycles. The van der Waals surface area contributed by atoms with Gasteiger partial charge in [-0.05, 0) is 77.0 Å². The molecule has 1 unspecified atom stereocenters. The van der Waals surface area contributed by atoms with Crippen LogP contribution in [0, 0.1) is 0 Å². The van der Waals surface area contributed by atoms with E-state index in [2.05, 4.69) is 74.6 Å². The third-order valence-corrected chi connectivity index (χ3v) is 9.88. The molecule has 12 heteroatoms. The third kappa shape index (κ3) is 38.9. The van der Waals surface area contributed by atoms with Gasteiger partial charge >= 0.3 is 11.9 Å². The highest BCUT2D eigenvalue weighted by Gasteiger charge is 2.22. The molecular weight excluding hydrogens is 757 g/mol. The van der Waals surface area contributed by atoms with Crippen molar-refractivity contribution in [1.29, 1.82) is 0 Å². The summed E-state index contributed by atoms with van der Waals surface area (Å²) in [5.41, 5.74) is 0. The zero-order valence-electron chi connectivity index (χ0n) is 36.7. The van der Waals surface area contributed by atoms with Crippen molar-refractivity contribution in [1.82, 2.24) is 0 Å². The molecule has 0 radical (unpaired) electrons. The van der Waals surface area contributed by atoms with E-state index >= 15 is 0 Å². The maximum Gasteiger partial charge on any atom is 0.306 e. The standard InChI is InChI=1S/C46H80NO10P/c1-6-8-10-12-14-15-16-17-18-19-20-21-22-23-24-28-32-36-45(50)54-40-42(41-56-58(52,53)55-39-38-47(3,4)5)57-46(51)37-33-29-25-27-31-35-44(49)43(48)34-30-26-13-11-9-7-2/h8,10,14-15,17-18,20-21,23-24,26,30,42-44,48-49H,6-7,9,11-13,16,19,22,25,27-29,31-41H2,1-5H3/b10-8-,15-14-,18-17-,21-20-,24-23-,30-26-/t42-,43+,44+/m1/s1. The second kappa shape index (κ2) is 37.4. The van der Waals surface area contributed by atoms with Crippen LogP contribution >= 0.6 is 7.82 Å². The first-order valence-corrected chi connectivity index (χ1v) is 23.3. The van der Waals surface area contributed by atoms with E-state index in [1.54, 1.807) is 0 Å². The van der Waals surface area contributed by atoms with Gasteiger partial charge in [0.05, 0.1) is 40.0 Å². The van der Waals surface area contributed by atoms with E-state index in [0.717, 1.165) is 70.6 Å². The van der Waals surface area contributed by atoms with E-state index < -0.39 is 44.7 Å². The van der Waals surface area contributed by atoms with Gasteiger partial charge in [-0.25, -0.2) is 0 Å². The van der Waals surface area contributed by atoms with Gasteiger partial charge in [-0.15, -0.1) is 0 Å². The summed E-state index contributed by atoms with van der Waals surface area (Å²) in [5, 5.41) is 20.5. The molecule has 4 atom stereocenters. The Balaban J connectivity index is 4.60. The van der Waals surface area contributed by atoms with Crippen LogP contribution in [0.25, 0.3) is 0 Å². The number of unbranched alkanes of at least 4 members (excludes halogenated alkanes) is 8. The Morgan fingerprint density at radius 3 is 1.81 bits per heavy atom. The molecule has 0 aromatic carbocycles. The van der Waals surface area contributed by atoms with Crippen molar-refractivity contribution < 1.29 is 52.3 Å². The van der Waals surface area contributed by atoms with Crippen LogP contribution in [0.5, 0.6) is 0 Å². The number of allylic oxidation sites excluding steroid dienone is 11. The fraction of sp³-hybridized carbons (Fsp3) is 0.696. The number of rotatable bonds is 38. The number of nitrogens with zero attached hydrogens (tertiary/aromatic N) is 1. The molecule has 11 nitrogen and oxygen atoms in total. The molecule has 0 fully saturated rings. The lowest BCUT2D eigenvalue weighted by atomic mass is 10.0. The van der Waals surface area contributed by atoms with E-state index in [4.69, 9.17) is 18.5 Å². The van der Waals surface area contributed by atoms with E-state index in [9.17, 15) is 29.3 Å². The van der Waals surface area contributed by atoms with E-state index in [1.165, 1.54) is 12.8 Å². The molecule has 58 heavy (non-hydrogen) atoms. The summed E-state index contributed by atoms with van der Waals surface area (Å²) < 4.78 is 33.7. The van der Waals surface area contributed by atoms with E-state index in [0.29, 0.717) is 43.1 Å². The quantitative estimate of drug-likeness (QED) is 0.0202. The lowest BCUT2D eigenvalue weighted by molar-refractivity contribution is -0.870. The second-order valence-corrected chi connectivity index (χ2v) is 17.0. The number of phosphoric acid groups is 1. The maximum atomic E-state index is 12.7. The van der Waals surface area contributed by atoms with Crippen LogP contribution in [0.15, 0.2) is 72.9 Å². The minimum Gasteiger partial charge on any atom is -0.756 e. The first-order valence-electron chi connectivity index (χ1n) is 21.8. The van der Waals surface area contributed by atoms with Crippen LogP contribution in [0.2, 0.25) is 0 Å². The summed E-state index contributed by atoms with van der Waals surface area (Å²) in [6.45, 7) is 3.78. The zero-order valence-corrected chi connectivity index (χ0v) is 37.6. The summed E-state index contributed by atoms with van der Waals surface area (Å²) in [6, 6.07) is 0. The molecule has 0 aromatic rings. The monoisotopic (exact) mass is 838 g/mol. The number of ether oxygens (including phenoxy) is 2. The predicted molar refractivity (Wildman–Crippen MR) is 234 cm³/mol. The molecular formula is C46H80NO10P. The van der Waals surface area contributed by atoms with Crippen LogP contribution in [0.4, 0.5) is 0 Å². The average Bonchev–Trinajstić information content (AvgIpc) is 3.17. The molecule has 0 saturated carbocycles. The number of quaternary nitrogens is 1. The molecule has 0 heterocycles. The summed E-state index contributed by atoms with van der Waals surface area (Å²) in [5.74, 6) is -1.02. The lowest BCUT2D eigenvalue weighted by Gasteiger charge is -2.28. The number of hydrogen-bond donors (Lipinski definition) is 2. The SMILES string of the molecule is CC/C=C\C/C=C\C/C=C\C/C=C\C/C=C\CCCC(=O)OC[C@H](COP(=O)([O-])OCC[N+](C)(C)C)OC(=O)CCCCCCC[C@H](O)[C@@H](O)C/C=C\CCCCC. The number of hydrogen-bond acceptors (Lipinski definition) is 10. The first-order chi connectivity index (χ1) is 27.8. The predicted octanol–water partition coefficient (Wildman–Crippen LogP) is 9.55. The van der Waals surface area contributed by atoms with Crippen molar-refractivity contribution in [2.24, 2.45) is 0 Å². The van der Waals surface area contributed by atoms with Crippen molar-refractivity contribution in [2.45, 2.75) is 161 Å². The number of carbonyl (C=O) groups is 2. The normalized spacial score (nSPS) is 15.4. The topological polar surface area (TPSA) is 152 Å². The molecule has 0 aliphatic rings. The van der Waals surface area contributed by atoms with Crippen LogP contribution < -0.4 is 4.89 Å². The smallest absolute Gasteiger partial charge is 0.306 e. The molecule has 0 rings (SSSR count). The van der Waals surface area contributed by atoms with E-state index in [-0.39, 0.29) is 26.1 Å². The molecule has 2 N–H and O–H groups in total. The Morgan fingerprint density at radius 1 is 0.638 bits per heavy atom. The Bertz CT molecular complexity index is 1250. The van der Waals surface area contributed by atoms with Gasteiger partial charge in [0.25, 0.3) is 7.82 Å². The molecule has 0 aliphatic heterocycles. The number of aliphatic hydroxyl groups excluding tert-OH is 2. The highest BCUT2D eigenvalue weighted by Crippen LogP contribution is 2.38. The second-order valence-electron chi connectivity index (χ2n) is 15.6. The van der Waals surface area contributed by atoms with Crippen molar-refractivity contribution in [2.75, 3.05) is 47.5 Å². The zero-order chi connectivity index (χ0) is 43.2. The van der Waals surface area contributed by atoms with Crippen molar-refractivity contribution in [3.63, 3.8) is 0 Å². The number of aliphatic hydroxyl groups is 2. The van der Waals surface area contributed by atoms with Gasteiger partial charge in [0.1, 0.15) is 19.8 Å². The van der Waals surface area contributed by atoms with E-state index in [1.807, 2.05) is 33.3 Å². The number of phosphoric ester groups is 1. The molecule has 0 amide bonds. The highest BCUT2D eigenvalue weighted by atomic mass is 31.2. The van der Waals surface area contributed by atoms with Gasteiger partial charge in [0.2, 0.25) is 0 Å². The van der Waals surface area contributed by atoms with Gasteiger partial charge in [-0.3, -0.25) is 14.2 Å². The Labute approximate surface area is 352 Å². The molecule has 0 saturated heterocycles. The van der Waals surface area contributed by atoms with Crippen LogP contribution in [0.1, 0.15) is 142 Å². The van der Waals surface area contributed by atoms with Crippen molar-refractivity contribution in [3.05, 3.63) is 72.9 Å². The average molecular weight is 838 g/mol. The maximum absolute atomic E-state index is 12.7. The summed E-state index contributed by atoms with van der Waals surface area (Å²) >= 11 is 0. The largest absolute Gasteiger partial charge is 0.756 e. The van der Waals surface area contributed by atoms with Gasteiger partial charge in [0, 0.05) is 12.8 Å². The Kier molecular flexibility index (Phi) is 35.7. The summed E-state index contributed by atoms with van der Waals surface area (Å²) in [7, 11) is 1.03. The fourth-order valence-corrected chi connectivity index (χ4v) is 6.09. The van der Waals surface area contributed by atoms with Gasteiger partial charge in [-0.2, -0.15) is 0 Å². The minimum atomic E-state index is -4.68. The highest BCUT2D eigenvalue weighted by molar-refractivity contribution is 7.45. The minimum absolute atomic E-state index is 0.0717. The summed E-state index contributed by atoms with van der Waals surface area (Å²) in [6.07, 6.45) is 38.2. The lowest BCUT2D eigenvalue weighted by Crippen LogP contribution is -2.37. The molecule has 0 bridgehead atoms. The van der Waals surface area contributed by atoms with Crippen LogP contribution in [0.3, 0.4) is 0 Å². The number of likely N-dealkylation sites (N-methyl/N-ethyl adjacent to an activating group) is 1. The van der Waals surface area contributed by atoms with Crippen LogP contribution in [-0.2, 0) is 32.7 Å².